The molecule has 0 amide bonds. The highest BCUT2D eigenvalue weighted by Gasteiger charge is 2.13. The lowest BCUT2D eigenvalue weighted by Crippen LogP contribution is -2.09. The van der Waals surface area contributed by atoms with Crippen molar-refractivity contribution in [2.75, 3.05) is 6.54 Å². The largest absolute Gasteiger partial charge is 0.330 e. The van der Waals surface area contributed by atoms with Gasteiger partial charge in [-0.3, -0.25) is 4.98 Å². The molecule has 2 aromatic rings. The van der Waals surface area contributed by atoms with Crippen molar-refractivity contribution in [1.29, 1.82) is 0 Å². The third-order valence-electron chi connectivity index (χ3n) is 3.46. The van der Waals surface area contributed by atoms with Crippen LogP contribution in [0, 0.1) is 0 Å². The van der Waals surface area contributed by atoms with Gasteiger partial charge in [0.25, 0.3) is 0 Å². The van der Waals surface area contributed by atoms with E-state index in [1.165, 1.54) is 23.1 Å². The van der Waals surface area contributed by atoms with Crippen LogP contribution in [0.1, 0.15) is 42.4 Å². The molecule has 0 saturated carbocycles. The Morgan fingerprint density at radius 1 is 1.11 bits per heavy atom. The number of pyridine rings is 1. The summed E-state index contributed by atoms with van der Waals surface area (Å²) in [5.41, 5.74) is 9.75. The Hall–Kier alpha value is -1.67. The second-order valence-corrected chi connectivity index (χ2v) is 4.91. The topological polar surface area (TPSA) is 38.9 Å². The maximum atomic E-state index is 5.76. The molecule has 100 valence electrons. The SMILES string of the molecule is CCCc1ccc(C(CCN)c2cccnc2)cc1. The fourth-order valence-electron chi connectivity index (χ4n) is 2.48. The standard InChI is InChI=1S/C17H22N2/c1-2-4-14-6-8-15(9-7-14)17(10-11-18)16-5-3-12-19-13-16/h3,5-9,12-13,17H,2,4,10-11,18H2,1H3. The number of aromatic nitrogens is 1. The van der Waals surface area contributed by atoms with Crippen molar-refractivity contribution in [3.8, 4) is 0 Å². The monoisotopic (exact) mass is 254 g/mol. The molecule has 0 aliphatic rings. The fourth-order valence-corrected chi connectivity index (χ4v) is 2.48. The van der Waals surface area contributed by atoms with E-state index < -0.39 is 0 Å². The van der Waals surface area contributed by atoms with E-state index in [0.29, 0.717) is 12.5 Å². The summed E-state index contributed by atoms with van der Waals surface area (Å²) >= 11 is 0. The maximum Gasteiger partial charge on any atom is 0.0306 e. The second kappa shape index (κ2) is 7.05. The van der Waals surface area contributed by atoms with Crippen LogP contribution in [0.15, 0.2) is 48.8 Å². The molecule has 2 rings (SSSR count). The molecular weight excluding hydrogens is 232 g/mol. The Labute approximate surface area is 115 Å². The summed E-state index contributed by atoms with van der Waals surface area (Å²) in [4.78, 5) is 4.22. The lowest BCUT2D eigenvalue weighted by atomic mass is 9.89. The number of hydrogen-bond donors (Lipinski definition) is 1. The van der Waals surface area contributed by atoms with Gasteiger partial charge in [-0.15, -0.1) is 0 Å². The van der Waals surface area contributed by atoms with Gasteiger partial charge in [0.1, 0.15) is 0 Å². The molecule has 1 aromatic carbocycles. The molecular formula is C17H22N2. The zero-order valence-corrected chi connectivity index (χ0v) is 11.5. The summed E-state index contributed by atoms with van der Waals surface area (Å²) in [5, 5.41) is 0. The minimum absolute atomic E-state index is 0.356. The Morgan fingerprint density at radius 3 is 2.47 bits per heavy atom. The van der Waals surface area contributed by atoms with Crippen molar-refractivity contribution >= 4 is 0 Å². The van der Waals surface area contributed by atoms with Gasteiger partial charge in [-0.1, -0.05) is 43.7 Å². The van der Waals surface area contributed by atoms with Crippen molar-refractivity contribution in [3.63, 3.8) is 0 Å². The molecule has 0 radical (unpaired) electrons. The van der Waals surface area contributed by atoms with Gasteiger partial charge >= 0.3 is 0 Å². The van der Waals surface area contributed by atoms with Gasteiger partial charge < -0.3 is 5.73 Å². The summed E-state index contributed by atoms with van der Waals surface area (Å²) in [6, 6.07) is 13.1. The van der Waals surface area contributed by atoms with E-state index in [9.17, 15) is 0 Å². The average molecular weight is 254 g/mol. The summed E-state index contributed by atoms with van der Waals surface area (Å²) in [6.07, 6.45) is 7.05. The van der Waals surface area contributed by atoms with Crippen LogP contribution < -0.4 is 5.73 Å². The van der Waals surface area contributed by atoms with Crippen molar-refractivity contribution in [2.24, 2.45) is 5.73 Å². The lowest BCUT2D eigenvalue weighted by molar-refractivity contribution is 0.722. The molecule has 2 nitrogen and oxygen atoms in total. The van der Waals surface area contributed by atoms with Crippen molar-refractivity contribution < 1.29 is 0 Å². The molecule has 0 spiro atoms. The van der Waals surface area contributed by atoms with Crippen LogP contribution in [0.3, 0.4) is 0 Å². The molecule has 0 bridgehead atoms. The van der Waals surface area contributed by atoms with Crippen molar-refractivity contribution in [1.82, 2.24) is 4.98 Å². The van der Waals surface area contributed by atoms with Crippen LogP contribution in [0.5, 0.6) is 0 Å². The third kappa shape index (κ3) is 3.65. The second-order valence-electron chi connectivity index (χ2n) is 4.91. The summed E-state index contributed by atoms with van der Waals surface area (Å²) in [7, 11) is 0. The van der Waals surface area contributed by atoms with E-state index in [1.807, 2.05) is 18.5 Å². The number of nitrogens with zero attached hydrogens (tertiary/aromatic N) is 1. The molecule has 0 saturated heterocycles. The number of nitrogens with two attached hydrogens (primary N) is 1. The number of rotatable bonds is 6. The van der Waals surface area contributed by atoms with Crippen LogP contribution in [0.25, 0.3) is 0 Å². The van der Waals surface area contributed by atoms with E-state index in [4.69, 9.17) is 5.73 Å². The predicted molar refractivity (Wildman–Crippen MR) is 80.2 cm³/mol. The predicted octanol–water partition coefficient (Wildman–Crippen LogP) is 3.51. The van der Waals surface area contributed by atoms with Gasteiger partial charge in [0.15, 0.2) is 0 Å². The Balaban J connectivity index is 2.24. The van der Waals surface area contributed by atoms with Gasteiger partial charge in [0, 0.05) is 18.3 Å². The third-order valence-corrected chi connectivity index (χ3v) is 3.46. The molecule has 1 aromatic heterocycles. The first kappa shape index (κ1) is 13.8. The molecule has 0 aliphatic heterocycles. The number of hydrogen-bond acceptors (Lipinski definition) is 2. The van der Waals surface area contributed by atoms with Crippen LogP contribution in [0.2, 0.25) is 0 Å². The van der Waals surface area contributed by atoms with E-state index in [-0.39, 0.29) is 0 Å². The molecule has 1 heterocycles. The van der Waals surface area contributed by atoms with Gasteiger partial charge in [0.2, 0.25) is 0 Å². The summed E-state index contributed by atoms with van der Waals surface area (Å²) < 4.78 is 0. The first-order valence-electron chi connectivity index (χ1n) is 7.04. The fraction of sp³-hybridized carbons (Fsp3) is 0.353. The maximum absolute atomic E-state index is 5.76. The number of aryl methyl sites for hydroxylation is 1. The van der Waals surface area contributed by atoms with Crippen LogP contribution in [0.4, 0.5) is 0 Å². The molecule has 19 heavy (non-hydrogen) atoms. The lowest BCUT2D eigenvalue weighted by Gasteiger charge is -2.17. The smallest absolute Gasteiger partial charge is 0.0306 e. The molecule has 1 unspecified atom stereocenters. The Morgan fingerprint density at radius 2 is 1.89 bits per heavy atom. The van der Waals surface area contributed by atoms with Gasteiger partial charge in [-0.25, -0.2) is 0 Å². The first-order chi connectivity index (χ1) is 9.35. The molecule has 2 heteroatoms. The minimum atomic E-state index is 0.356. The van der Waals surface area contributed by atoms with Gasteiger partial charge in [-0.2, -0.15) is 0 Å². The van der Waals surface area contributed by atoms with E-state index >= 15 is 0 Å². The first-order valence-corrected chi connectivity index (χ1v) is 7.04. The van der Waals surface area contributed by atoms with E-state index in [2.05, 4.69) is 42.2 Å². The Bertz CT molecular complexity index is 476. The van der Waals surface area contributed by atoms with E-state index in [1.54, 1.807) is 0 Å². The molecule has 0 aliphatic carbocycles. The van der Waals surface area contributed by atoms with Crippen molar-refractivity contribution in [2.45, 2.75) is 32.1 Å². The van der Waals surface area contributed by atoms with Crippen LogP contribution in [-0.4, -0.2) is 11.5 Å². The normalized spacial score (nSPS) is 12.3. The summed E-state index contributed by atoms with van der Waals surface area (Å²) in [5.74, 6) is 0.356. The highest BCUT2D eigenvalue weighted by Crippen LogP contribution is 2.27. The molecule has 1 atom stereocenters. The minimum Gasteiger partial charge on any atom is -0.330 e. The van der Waals surface area contributed by atoms with Crippen LogP contribution in [-0.2, 0) is 6.42 Å². The zero-order chi connectivity index (χ0) is 13.5. The molecule has 0 fully saturated rings. The van der Waals surface area contributed by atoms with Crippen LogP contribution >= 0.6 is 0 Å². The highest BCUT2D eigenvalue weighted by molar-refractivity contribution is 5.33. The number of benzene rings is 1. The summed E-state index contributed by atoms with van der Waals surface area (Å²) in [6.45, 7) is 2.90. The highest BCUT2D eigenvalue weighted by atomic mass is 14.6. The zero-order valence-electron chi connectivity index (χ0n) is 11.5. The van der Waals surface area contributed by atoms with Gasteiger partial charge in [-0.05, 0) is 42.1 Å². The quantitative estimate of drug-likeness (QED) is 0.856. The average Bonchev–Trinajstić information content (AvgIpc) is 2.47. The Kier molecular flexibility index (Phi) is 5.10. The van der Waals surface area contributed by atoms with E-state index in [0.717, 1.165) is 12.8 Å². The van der Waals surface area contributed by atoms with Crippen molar-refractivity contribution in [3.05, 3.63) is 65.5 Å². The van der Waals surface area contributed by atoms with Gasteiger partial charge in [0.05, 0.1) is 0 Å². The molecule has 2 N–H and O–H groups in total.